The number of allylic oxidation sites excluding steroid dienone is 1. The van der Waals surface area contributed by atoms with E-state index in [2.05, 4.69) is 85.8 Å². The van der Waals surface area contributed by atoms with Crippen LogP contribution in [0.25, 0.3) is 16.8 Å². The number of hydrogen-bond donors (Lipinski definition) is 0. The molecule has 0 heteroatoms. The number of hydrogen-bond acceptors (Lipinski definition) is 0. The van der Waals surface area contributed by atoms with Gasteiger partial charge in [-0.05, 0) is 39.8 Å². The Balaban J connectivity index is 1.71. The zero-order valence-corrected chi connectivity index (χ0v) is 12.9. The normalized spacial score (nSPS) is 17.6. The van der Waals surface area contributed by atoms with Crippen LogP contribution in [-0.4, -0.2) is 0 Å². The number of benzene rings is 3. The lowest BCUT2D eigenvalue weighted by molar-refractivity contribution is 0.632. The Kier molecular flexibility index (Phi) is 3.31. The maximum Gasteiger partial charge on any atom is 0.00333 e. The van der Waals surface area contributed by atoms with Crippen molar-refractivity contribution in [3.05, 3.63) is 89.5 Å². The highest BCUT2D eigenvalue weighted by molar-refractivity contribution is 5.95. The van der Waals surface area contributed by atoms with Crippen LogP contribution in [0, 0.1) is 0 Å². The highest BCUT2D eigenvalue weighted by Crippen LogP contribution is 2.39. The predicted octanol–water partition coefficient (Wildman–Crippen LogP) is 6.14. The largest absolute Gasteiger partial charge is 0.0763 e. The Morgan fingerprint density at radius 1 is 0.864 bits per heavy atom. The molecule has 0 saturated carbocycles. The van der Waals surface area contributed by atoms with E-state index < -0.39 is 0 Å². The minimum atomic E-state index is 0.508. The van der Waals surface area contributed by atoms with Gasteiger partial charge in [0.2, 0.25) is 0 Å². The van der Waals surface area contributed by atoms with Crippen LogP contribution >= 0.6 is 0 Å². The van der Waals surface area contributed by atoms with E-state index in [-0.39, 0.29) is 0 Å². The average molecular weight is 284 g/mol. The molecule has 1 aliphatic carbocycles. The van der Waals surface area contributed by atoms with Gasteiger partial charge in [-0.2, -0.15) is 0 Å². The highest BCUT2D eigenvalue weighted by atomic mass is 14.2. The van der Waals surface area contributed by atoms with Crippen LogP contribution in [0.15, 0.2) is 72.8 Å². The fourth-order valence-corrected chi connectivity index (χ4v) is 3.68. The summed E-state index contributed by atoms with van der Waals surface area (Å²) in [5.41, 5.74) is 4.28. The van der Waals surface area contributed by atoms with Crippen molar-refractivity contribution in [1.29, 1.82) is 0 Å². The highest BCUT2D eigenvalue weighted by Gasteiger charge is 2.20. The predicted molar refractivity (Wildman–Crippen MR) is 95.2 cm³/mol. The molecule has 0 fully saturated rings. The molecule has 0 amide bonds. The summed E-state index contributed by atoms with van der Waals surface area (Å²) in [6.07, 6.45) is 5.85. The zero-order chi connectivity index (χ0) is 14.9. The van der Waals surface area contributed by atoms with Gasteiger partial charge in [0.05, 0.1) is 0 Å². The van der Waals surface area contributed by atoms with Crippen molar-refractivity contribution in [1.82, 2.24) is 0 Å². The van der Waals surface area contributed by atoms with Gasteiger partial charge in [0.15, 0.2) is 0 Å². The van der Waals surface area contributed by atoms with Gasteiger partial charge in [0.1, 0.15) is 0 Å². The van der Waals surface area contributed by atoms with Crippen molar-refractivity contribution in [2.75, 3.05) is 0 Å². The summed E-state index contributed by atoms with van der Waals surface area (Å²) in [4.78, 5) is 0. The molecule has 1 aliphatic rings. The molecule has 0 heterocycles. The molecule has 0 spiro atoms. The first kappa shape index (κ1) is 13.3. The van der Waals surface area contributed by atoms with E-state index in [4.69, 9.17) is 0 Å². The summed E-state index contributed by atoms with van der Waals surface area (Å²) in [6.45, 7) is 2.34. The SMILES string of the molecule is CC(CC1C=Cc2cccc3cccc1c23)c1ccccc1. The zero-order valence-electron chi connectivity index (χ0n) is 12.9. The van der Waals surface area contributed by atoms with Crippen molar-refractivity contribution < 1.29 is 0 Å². The Labute approximate surface area is 132 Å². The molecular weight excluding hydrogens is 264 g/mol. The van der Waals surface area contributed by atoms with E-state index in [9.17, 15) is 0 Å². The van der Waals surface area contributed by atoms with Gasteiger partial charge in [0, 0.05) is 5.92 Å². The molecule has 3 aromatic rings. The second-order valence-electron chi connectivity index (χ2n) is 6.31. The lowest BCUT2D eigenvalue weighted by Gasteiger charge is -2.24. The first-order chi connectivity index (χ1) is 10.8. The molecule has 108 valence electrons. The third-order valence-electron chi connectivity index (χ3n) is 4.85. The van der Waals surface area contributed by atoms with Gasteiger partial charge < -0.3 is 0 Å². The molecule has 0 aromatic heterocycles. The third kappa shape index (κ3) is 2.25. The molecule has 0 nitrogen and oxygen atoms in total. The topological polar surface area (TPSA) is 0 Å². The minimum absolute atomic E-state index is 0.508. The summed E-state index contributed by atoms with van der Waals surface area (Å²) in [6, 6.07) is 24.2. The van der Waals surface area contributed by atoms with Crippen LogP contribution in [0.3, 0.4) is 0 Å². The van der Waals surface area contributed by atoms with Crippen LogP contribution < -0.4 is 0 Å². The molecule has 0 bridgehead atoms. The fraction of sp³-hybridized carbons (Fsp3) is 0.182. The Morgan fingerprint density at radius 3 is 2.45 bits per heavy atom. The summed E-state index contributed by atoms with van der Waals surface area (Å²) in [5.74, 6) is 1.07. The fourth-order valence-electron chi connectivity index (χ4n) is 3.68. The van der Waals surface area contributed by atoms with E-state index in [1.54, 1.807) is 0 Å². The van der Waals surface area contributed by atoms with Crippen molar-refractivity contribution in [2.45, 2.75) is 25.2 Å². The Hall–Kier alpha value is -2.34. The van der Waals surface area contributed by atoms with Crippen molar-refractivity contribution in [2.24, 2.45) is 0 Å². The molecular formula is C22H20. The maximum absolute atomic E-state index is 2.39. The molecule has 4 rings (SSSR count). The van der Waals surface area contributed by atoms with Crippen molar-refractivity contribution in [3.63, 3.8) is 0 Å². The smallest absolute Gasteiger partial charge is 0.00333 e. The molecule has 0 N–H and O–H groups in total. The first-order valence-electron chi connectivity index (χ1n) is 8.08. The van der Waals surface area contributed by atoms with E-state index >= 15 is 0 Å². The average Bonchev–Trinajstić information content (AvgIpc) is 2.58. The second kappa shape index (κ2) is 5.46. The molecule has 0 saturated heterocycles. The van der Waals surface area contributed by atoms with Crippen LogP contribution in [0.1, 0.15) is 41.9 Å². The summed E-state index contributed by atoms with van der Waals surface area (Å²) in [7, 11) is 0. The number of rotatable bonds is 3. The van der Waals surface area contributed by atoms with Crippen LogP contribution in [0.4, 0.5) is 0 Å². The van der Waals surface area contributed by atoms with Gasteiger partial charge in [-0.3, -0.25) is 0 Å². The summed E-state index contributed by atoms with van der Waals surface area (Å²) in [5, 5.41) is 2.80. The maximum atomic E-state index is 2.39. The van der Waals surface area contributed by atoms with Crippen LogP contribution in [0.2, 0.25) is 0 Å². The Morgan fingerprint density at radius 2 is 1.64 bits per heavy atom. The molecule has 22 heavy (non-hydrogen) atoms. The quantitative estimate of drug-likeness (QED) is 0.541. The minimum Gasteiger partial charge on any atom is -0.0763 e. The second-order valence-corrected chi connectivity index (χ2v) is 6.31. The third-order valence-corrected chi connectivity index (χ3v) is 4.85. The van der Waals surface area contributed by atoms with E-state index in [1.807, 2.05) is 0 Å². The summed E-state index contributed by atoms with van der Waals surface area (Å²) >= 11 is 0. The van der Waals surface area contributed by atoms with E-state index in [0.29, 0.717) is 11.8 Å². The standard InChI is InChI=1S/C22H20/c1-16(17-7-3-2-4-8-17)15-20-14-13-19-10-5-9-18-11-6-12-21(20)22(18)19/h2-14,16,20H,15H2,1H3. The van der Waals surface area contributed by atoms with Gasteiger partial charge in [-0.25, -0.2) is 0 Å². The van der Waals surface area contributed by atoms with Crippen molar-refractivity contribution >= 4 is 16.8 Å². The summed E-state index contributed by atoms with van der Waals surface area (Å²) < 4.78 is 0. The molecule has 2 atom stereocenters. The molecule has 3 aromatic carbocycles. The van der Waals surface area contributed by atoms with Gasteiger partial charge >= 0.3 is 0 Å². The van der Waals surface area contributed by atoms with E-state index in [1.165, 1.54) is 27.5 Å². The molecule has 0 radical (unpaired) electrons. The monoisotopic (exact) mass is 284 g/mol. The van der Waals surface area contributed by atoms with Crippen molar-refractivity contribution in [3.8, 4) is 0 Å². The lowest BCUT2D eigenvalue weighted by Crippen LogP contribution is -2.06. The van der Waals surface area contributed by atoms with Gasteiger partial charge in [-0.1, -0.05) is 85.8 Å². The molecule has 0 aliphatic heterocycles. The van der Waals surface area contributed by atoms with Crippen LogP contribution in [-0.2, 0) is 0 Å². The van der Waals surface area contributed by atoms with Crippen LogP contribution in [0.5, 0.6) is 0 Å². The Bertz CT molecular complexity index is 822. The first-order valence-corrected chi connectivity index (χ1v) is 8.08. The lowest BCUT2D eigenvalue weighted by atomic mass is 9.80. The van der Waals surface area contributed by atoms with Gasteiger partial charge in [-0.15, -0.1) is 0 Å². The van der Waals surface area contributed by atoms with E-state index in [0.717, 1.165) is 6.42 Å². The molecule has 2 unspecified atom stereocenters. The van der Waals surface area contributed by atoms with Gasteiger partial charge in [0.25, 0.3) is 0 Å².